The molecule has 12 aromatic carbocycles. The Kier molecular flexibility index (Phi) is 11.9. The van der Waals surface area contributed by atoms with E-state index in [1.165, 1.54) is 126 Å². The molecule has 0 unspecified atom stereocenters. The van der Waals surface area contributed by atoms with E-state index < -0.39 is 0 Å². The van der Waals surface area contributed by atoms with E-state index in [1.54, 1.807) is 0 Å². The van der Waals surface area contributed by atoms with Crippen LogP contribution in [0.25, 0.3) is 131 Å². The van der Waals surface area contributed by atoms with Crippen LogP contribution in [0.3, 0.4) is 0 Å². The fourth-order valence-corrected chi connectivity index (χ4v) is 12.8. The molecule has 0 bridgehead atoms. The number of fused-ring (bicyclic) bond motifs is 16. The predicted molar refractivity (Wildman–Crippen MR) is 351 cm³/mol. The standard InChI is InChI=1S/C34H22N2.C24H24BNO2.C16H10BrN/c1-2-9-25(10-3-1)36-32-13-7-6-12-27(32)30-21-24(16-19-33(30)36)23-15-18-31-29(20-23)28-17-14-22-8-4-5-11-26(22)34(28)35-31;1-23(2)24(3,4)28-25(27-23)17-14-15-22-20(16-17)19-12-8-9-13-21(19)26(22)18-10-6-5-7-11-18;17-11-6-8-15-14(9-11)13-7-5-10-3-1-2-4-12(10)16(13)18-15/h1-21,35H;5-16H,1-4H3;1-9,18H. The monoisotopic (exact) mass is 1120 g/mol. The second-order valence-corrected chi connectivity index (χ2v) is 23.5. The van der Waals surface area contributed by atoms with E-state index in [-0.39, 0.29) is 18.3 Å². The first-order valence-corrected chi connectivity index (χ1v) is 28.9. The minimum absolute atomic E-state index is 0.343. The van der Waals surface area contributed by atoms with E-state index in [9.17, 15) is 0 Å². The summed E-state index contributed by atoms with van der Waals surface area (Å²) in [5.41, 5.74) is 14.8. The summed E-state index contributed by atoms with van der Waals surface area (Å²) in [6.07, 6.45) is 0. The van der Waals surface area contributed by atoms with Crippen LogP contribution in [0.15, 0.2) is 259 Å². The van der Waals surface area contributed by atoms with E-state index in [0.717, 1.165) is 15.6 Å². The van der Waals surface area contributed by atoms with Gasteiger partial charge in [0.15, 0.2) is 0 Å². The third kappa shape index (κ3) is 8.31. The molecule has 1 saturated heterocycles. The van der Waals surface area contributed by atoms with Crippen molar-refractivity contribution in [2.45, 2.75) is 38.9 Å². The lowest BCUT2D eigenvalue weighted by Crippen LogP contribution is -2.41. The highest BCUT2D eigenvalue weighted by Gasteiger charge is 2.51. The van der Waals surface area contributed by atoms with Gasteiger partial charge in [0.25, 0.3) is 0 Å². The fourth-order valence-electron chi connectivity index (χ4n) is 12.4. The summed E-state index contributed by atoms with van der Waals surface area (Å²) in [6.45, 7) is 8.36. The van der Waals surface area contributed by atoms with Crippen LogP contribution in [0, 0.1) is 0 Å². The van der Waals surface area contributed by atoms with Crippen LogP contribution in [-0.4, -0.2) is 37.4 Å². The van der Waals surface area contributed by atoms with E-state index in [1.807, 2.05) is 6.07 Å². The zero-order valence-corrected chi connectivity index (χ0v) is 47.5. The average molecular weight is 1120 g/mol. The normalized spacial score (nSPS) is 14.0. The Morgan fingerprint density at radius 1 is 0.341 bits per heavy atom. The van der Waals surface area contributed by atoms with Gasteiger partial charge in [-0.1, -0.05) is 186 Å². The number of aromatic amines is 2. The lowest BCUT2D eigenvalue weighted by molar-refractivity contribution is 0.00578. The van der Waals surface area contributed by atoms with Crippen molar-refractivity contribution in [1.82, 2.24) is 19.1 Å². The van der Waals surface area contributed by atoms with Crippen LogP contribution in [0.5, 0.6) is 0 Å². The zero-order chi connectivity index (χ0) is 55.3. The van der Waals surface area contributed by atoms with Gasteiger partial charge in [-0.3, -0.25) is 0 Å². The van der Waals surface area contributed by atoms with E-state index in [0.29, 0.717) is 0 Å². The highest BCUT2D eigenvalue weighted by atomic mass is 79.9. The molecule has 1 aliphatic heterocycles. The Labute approximate surface area is 483 Å². The van der Waals surface area contributed by atoms with Gasteiger partial charge in [0.05, 0.1) is 44.3 Å². The van der Waals surface area contributed by atoms with Gasteiger partial charge in [0.2, 0.25) is 0 Å². The molecule has 0 radical (unpaired) electrons. The molecule has 0 atom stereocenters. The van der Waals surface area contributed by atoms with Crippen molar-refractivity contribution in [2.24, 2.45) is 0 Å². The molecular weight excluding hydrogens is 1070 g/mol. The number of nitrogens with zero attached hydrogens (tertiary/aromatic N) is 2. The van der Waals surface area contributed by atoms with Gasteiger partial charge in [-0.2, -0.15) is 0 Å². The average Bonchev–Trinajstić information content (AvgIpc) is 4.23. The minimum atomic E-state index is -0.353. The summed E-state index contributed by atoms with van der Waals surface area (Å²) in [6, 6.07) is 90.8. The number of benzene rings is 12. The van der Waals surface area contributed by atoms with Crippen molar-refractivity contribution in [2.75, 3.05) is 0 Å². The Hall–Kier alpha value is -9.18. The maximum absolute atomic E-state index is 6.27. The van der Waals surface area contributed by atoms with Crippen LogP contribution in [0.1, 0.15) is 27.7 Å². The van der Waals surface area contributed by atoms with E-state index in [2.05, 4.69) is 311 Å². The van der Waals surface area contributed by atoms with Crippen molar-refractivity contribution in [3.8, 4) is 22.5 Å². The van der Waals surface area contributed by atoms with E-state index >= 15 is 0 Å². The van der Waals surface area contributed by atoms with Crippen LogP contribution in [-0.2, 0) is 9.31 Å². The molecule has 6 nitrogen and oxygen atoms in total. The SMILES string of the molecule is Brc1ccc2[nH]c3c4ccccc4ccc3c2c1.CC1(C)OB(c2ccc3c(c2)c2ccccc2n3-c2ccccc2)OC1(C)C.c1ccc(-n2c3ccccc3c3cc(-c4ccc5[nH]c6c7ccccc7ccc6c5c4)ccc32)cc1. The Morgan fingerprint density at radius 3 is 1.30 bits per heavy atom. The second kappa shape index (κ2) is 19.5. The molecular formula is C74H56BBrN4O2. The third-order valence-corrected chi connectivity index (χ3v) is 17.7. The number of rotatable bonds is 4. The quantitative estimate of drug-likeness (QED) is 0.173. The number of para-hydroxylation sites is 4. The first-order chi connectivity index (χ1) is 40.0. The van der Waals surface area contributed by atoms with Gasteiger partial charge in [-0.15, -0.1) is 0 Å². The van der Waals surface area contributed by atoms with Crippen molar-refractivity contribution in [3.63, 3.8) is 0 Å². The molecule has 394 valence electrons. The molecule has 16 aromatic rings. The largest absolute Gasteiger partial charge is 0.494 e. The molecule has 0 amide bonds. The summed E-state index contributed by atoms with van der Waals surface area (Å²) in [5.74, 6) is 0. The van der Waals surface area contributed by atoms with Gasteiger partial charge in [-0.05, 0) is 140 Å². The molecule has 1 aliphatic rings. The fraction of sp³-hybridized carbons (Fsp3) is 0.0811. The zero-order valence-electron chi connectivity index (χ0n) is 45.9. The maximum Gasteiger partial charge on any atom is 0.494 e. The van der Waals surface area contributed by atoms with Crippen LogP contribution < -0.4 is 5.46 Å². The molecule has 1 fully saturated rings. The summed E-state index contributed by atoms with van der Waals surface area (Å²) >= 11 is 3.54. The first kappa shape index (κ1) is 49.8. The van der Waals surface area contributed by atoms with Gasteiger partial charge in [0.1, 0.15) is 0 Å². The first-order valence-electron chi connectivity index (χ1n) is 28.1. The van der Waals surface area contributed by atoms with Gasteiger partial charge >= 0.3 is 7.12 Å². The van der Waals surface area contributed by atoms with E-state index in [4.69, 9.17) is 9.31 Å². The van der Waals surface area contributed by atoms with Crippen LogP contribution in [0.4, 0.5) is 0 Å². The molecule has 5 heterocycles. The molecule has 2 N–H and O–H groups in total. The number of halogens is 1. The molecule has 17 rings (SSSR count). The Balaban J connectivity index is 0.000000111. The van der Waals surface area contributed by atoms with Crippen molar-refractivity contribution >= 4 is 137 Å². The lowest BCUT2D eigenvalue weighted by atomic mass is 9.78. The van der Waals surface area contributed by atoms with Crippen LogP contribution in [0.2, 0.25) is 0 Å². The number of hydrogen-bond acceptors (Lipinski definition) is 2. The van der Waals surface area contributed by atoms with Crippen molar-refractivity contribution in [1.29, 1.82) is 0 Å². The molecule has 0 saturated carbocycles. The topological polar surface area (TPSA) is 59.9 Å². The Morgan fingerprint density at radius 2 is 0.756 bits per heavy atom. The highest BCUT2D eigenvalue weighted by molar-refractivity contribution is 9.10. The third-order valence-electron chi connectivity index (χ3n) is 17.2. The number of nitrogens with one attached hydrogen (secondary N) is 2. The maximum atomic E-state index is 6.27. The molecule has 8 heteroatoms. The smallest absolute Gasteiger partial charge is 0.399 e. The van der Waals surface area contributed by atoms with Gasteiger partial charge in [0, 0.05) is 80.7 Å². The summed E-state index contributed by atoms with van der Waals surface area (Å²) in [7, 11) is -0.353. The number of aromatic nitrogens is 4. The lowest BCUT2D eigenvalue weighted by Gasteiger charge is -2.32. The molecule has 82 heavy (non-hydrogen) atoms. The molecule has 0 spiro atoms. The number of H-pyrrole nitrogens is 2. The molecule has 0 aliphatic carbocycles. The Bertz CT molecular complexity index is 5130. The van der Waals surface area contributed by atoms with Gasteiger partial charge in [-0.25, -0.2) is 0 Å². The minimum Gasteiger partial charge on any atom is -0.399 e. The molecule has 4 aromatic heterocycles. The summed E-state index contributed by atoms with van der Waals surface area (Å²) < 4.78 is 18.3. The summed E-state index contributed by atoms with van der Waals surface area (Å²) in [5, 5.41) is 15.2. The predicted octanol–water partition coefficient (Wildman–Crippen LogP) is 19.6. The van der Waals surface area contributed by atoms with Crippen molar-refractivity contribution in [3.05, 3.63) is 259 Å². The van der Waals surface area contributed by atoms with Crippen molar-refractivity contribution < 1.29 is 9.31 Å². The highest BCUT2D eigenvalue weighted by Crippen LogP contribution is 2.40. The summed E-state index contributed by atoms with van der Waals surface area (Å²) in [4.78, 5) is 7.20. The second-order valence-electron chi connectivity index (χ2n) is 22.6. The van der Waals surface area contributed by atoms with Crippen LogP contribution >= 0.6 is 15.9 Å². The number of hydrogen-bond donors (Lipinski definition) is 2. The van der Waals surface area contributed by atoms with Gasteiger partial charge < -0.3 is 28.4 Å².